The number of hydrogen-bond acceptors (Lipinski definition) is 2. The smallest absolute Gasteiger partial charge is 0.224 e. The molecule has 3 heteroatoms. The first-order chi connectivity index (χ1) is 6.79. The predicted octanol–water partition coefficient (Wildman–Crippen LogP) is 1.03. The van der Waals surface area contributed by atoms with Gasteiger partial charge in [-0.15, -0.1) is 0 Å². The fourth-order valence-corrected chi connectivity index (χ4v) is 2.83. The second kappa shape index (κ2) is 4.30. The van der Waals surface area contributed by atoms with Crippen molar-refractivity contribution < 1.29 is 4.79 Å². The lowest BCUT2D eigenvalue weighted by Gasteiger charge is -2.30. The van der Waals surface area contributed by atoms with Gasteiger partial charge in [0.1, 0.15) is 0 Å². The molecule has 0 aromatic heterocycles. The largest absolute Gasteiger partial charge is 0.356 e. The number of piperidine rings is 1. The van der Waals surface area contributed by atoms with Crippen molar-refractivity contribution in [2.45, 2.75) is 44.6 Å². The zero-order valence-electron chi connectivity index (χ0n) is 8.67. The van der Waals surface area contributed by atoms with E-state index in [0.717, 1.165) is 19.4 Å². The van der Waals surface area contributed by atoms with Gasteiger partial charge in [-0.2, -0.15) is 0 Å². The Labute approximate surface area is 85.4 Å². The van der Waals surface area contributed by atoms with Crippen LogP contribution in [-0.2, 0) is 4.79 Å². The van der Waals surface area contributed by atoms with Crippen LogP contribution in [0.3, 0.4) is 0 Å². The lowest BCUT2D eigenvalue weighted by atomic mass is 9.83. The summed E-state index contributed by atoms with van der Waals surface area (Å²) in [5, 5.41) is 2.92. The molecule has 0 aromatic rings. The molecule has 80 valence electrons. The highest BCUT2D eigenvalue weighted by molar-refractivity contribution is 5.80. The van der Waals surface area contributed by atoms with Crippen LogP contribution in [0.15, 0.2) is 0 Å². The predicted molar refractivity (Wildman–Crippen MR) is 55.7 cm³/mol. The van der Waals surface area contributed by atoms with E-state index < -0.39 is 0 Å². The van der Waals surface area contributed by atoms with E-state index in [1.54, 1.807) is 0 Å². The first kappa shape index (κ1) is 9.97. The van der Waals surface area contributed by atoms with E-state index in [2.05, 4.69) is 5.32 Å². The molecule has 1 aliphatic heterocycles. The molecule has 1 saturated carbocycles. The third-order valence-electron chi connectivity index (χ3n) is 3.74. The lowest BCUT2D eigenvalue weighted by molar-refractivity contribution is -0.127. The zero-order chi connectivity index (χ0) is 9.97. The maximum atomic E-state index is 11.6. The highest BCUT2D eigenvalue weighted by Crippen LogP contribution is 2.31. The summed E-state index contributed by atoms with van der Waals surface area (Å²) in [5.41, 5.74) is 6.18. The van der Waals surface area contributed by atoms with Crippen LogP contribution in [0.5, 0.6) is 0 Å². The number of hydrogen-bond donors (Lipinski definition) is 2. The second-order valence-electron chi connectivity index (χ2n) is 4.66. The van der Waals surface area contributed by atoms with Crippen molar-refractivity contribution in [3.05, 3.63) is 0 Å². The van der Waals surface area contributed by atoms with Crippen LogP contribution in [0, 0.1) is 11.8 Å². The molecular weight excluding hydrogens is 176 g/mol. The Balaban J connectivity index is 1.94. The average Bonchev–Trinajstić information content (AvgIpc) is 2.70. The molecule has 1 aliphatic carbocycles. The maximum Gasteiger partial charge on any atom is 0.224 e. The molecule has 3 nitrogen and oxygen atoms in total. The molecule has 1 heterocycles. The van der Waals surface area contributed by atoms with Gasteiger partial charge in [0.05, 0.1) is 5.92 Å². The van der Waals surface area contributed by atoms with Gasteiger partial charge in [-0.25, -0.2) is 0 Å². The Hall–Kier alpha value is -0.570. The molecule has 2 aliphatic rings. The van der Waals surface area contributed by atoms with Crippen LogP contribution in [0.25, 0.3) is 0 Å². The lowest BCUT2D eigenvalue weighted by Crippen LogP contribution is -2.48. The first-order valence-corrected chi connectivity index (χ1v) is 5.82. The normalized spacial score (nSPS) is 31.5. The minimum Gasteiger partial charge on any atom is -0.356 e. The Morgan fingerprint density at radius 1 is 1.21 bits per heavy atom. The van der Waals surface area contributed by atoms with Crippen molar-refractivity contribution in [2.75, 3.05) is 6.54 Å². The summed E-state index contributed by atoms with van der Waals surface area (Å²) >= 11 is 0. The molecule has 1 amide bonds. The number of nitrogens with one attached hydrogen (secondary N) is 1. The van der Waals surface area contributed by atoms with Crippen molar-refractivity contribution in [1.29, 1.82) is 0 Å². The fraction of sp³-hybridized carbons (Fsp3) is 0.909. The zero-order valence-corrected chi connectivity index (χ0v) is 8.67. The van der Waals surface area contributed by atoms with E-state index in [4.69, 9.17) is 5.73 Å². The number of nitrogens with two attached hydrogens (primary N) is 1. The summed E-state index contributed by atoms with van der Waals surface area (Å²) in [6.45, 7) is 0.840. The van der Waals surface area contributed by atoms with Gasteiger partial charge in [0, 0.05) is 12.6 Å². The maximum absolute atomic E-state index is 11.6. The monoisotopic (exact) mass is 196 g/mol. The summed E-state index contributed by atoms with van der Waals surface area (Å²) in [6.07, 6.45) is 7.13. The molecule has 0 aromatic carbocycles. The highest BCUT2D eigenvalue weighted by Gasteiger charge is 2.34. The average molecular weight is 196 g/mol. The second-order valence-corrected chi connectivity index (χ2v) is 4.66. The van der Waals surface area contributed by atoms with Gasteiger partial charge in [-0.1, -0.05) is 12.8 Å². The highest BCUT2D eigenvalue weighted by atomic mass is 16.1. The van der Waals surface area contributed by atoms with Gasteiger partial charge in [0.15, 0.2) is 0 Å². The van der Waals surface area contributed by atoms with Crippen LogP contribution in [-0.4, -0.2) is 18.5 Å². The number of carbonyl (C=O) groups excluding carboxylic acids is 1. The SMILES string of the molecule is NC(C1CCCC1)C1CCCNC1=O. The molecule has 0 spiro atoms. The van der Waals surface area contributed by atoms with Crippen molar-refractivity contribution in [2.24, 2.45) is 17.6 Å². The van der Waals surface area contributed by atoms with Crippen molar-refractivity contribution in [3.63, 3.8) is 0 Å². The topological polar surface area (TPSA) is 55.1 Å². The summed E-state index contributed by atoms with van der Waals surface area (Å²) in [5.74, 6) is 0.881. The minimum atomic E-state index is 0.0897. The van der Waals surface area contributed by atoms with E-state index in [1.165, 1.54) is 25.7 Å². The summed E-state index contributed by atoms with van der Waals surface area (Å²) < 4.78 is 0. The summed E-state index contributed by atoms with van der Waals surface area (Å²) in [6, 6.07) is 0.109. The van der Waals surface area contributed by atoms with E-state index in [9.17, 15) is 4.79 Å². The summed E-state index contributed by atoms with van der Waals surface area (Å²) in [4.78, 5) is 11.6. The molecule has 2 rings (SSSR count). The minimum absolute atomic E-state index is 0.0897. The number of carbonyl (C=O) groups is 1. The van der Waals surface area contributed by atoms with Crippen LogP contribution >= 0.6 is 0 Å². The van der Waals surface area contributed by atoms with Gasteiger partial charge < -0.3 is 11.1 Å². The van der Waals surface area contributed by atoms with Crippen LogP contribution in [0.2, 0.25) is 0 Å². The third-order valence-corrected chi connectivity index (χ3v) is 3.74. The molecule has 0 radical (unpaired) electrons. The molecule has 14 heavy (non-hydrogen) atoms. The van der Waals surface area contributed by atoms with Crippen molar-refractivity contribution in [1.82, 2.24) is 5.32 Å². The fourth-order valence-electron chi connectivity index (χ4n) is 2.83. The molecule has 2 unspecified atom stereocenters. The standard InChI is InChI=1S/C11H20N2O/c12-10(8-4-1-2-5-8)9-6-3-7-13-11(9)14/h8-10H,1-7,12H2,(H,13,14). The van der Waals surface area contributed by atoms with Crippen LogP contribution < -0.4 is 11.1 Å². The Morgan fingerprint density at radius 3 is 2.57 bits per heavy atom. The van der Waals surface area contributed by atoms with Gasteiger partial charge in [0.25, 0.3) is 0 Å². The van der Waals surface area contributed by atoms with Gasteiger partial charge >= 0.3 is 0 Å². The third kappa shape index (κ3) is 1.92. The molecule has 1 saturated heterocycles. The number of rotatable bonds is 2. The van der Waals surface area contributed by atoms with Crippen LogP contribution in [0.1, 0.15) is 38.5 Å². The Kier molecular flexibility index (Phi) is 3.06. The first-order valence-electron chi connectivity index (χ1n) is 5.82. The van der Waals surface area contributed by atoms with Gasteiger partial charge in [-0.05, 0) is 31.6 Å². The molecular formula is C11H20N2O. The van der Waals surface area contributed by atoms with E-state index in [0.29, 0.717) is 5.92 Å². The molecule has 3 N–H and O–H groups in total. The van der Waals surface area contributed by atoms with E-state index in [-0.39, 0.29) is 17.9 Å². The van der Waals surface area contributed by atoms with Crippen LogP contribution in [0.4, 0.5) is 0 Å². The van der Waals surface area contributed by atoms with E-state index >= 15 is 0 Å². The molecule has 2 fully saturated rings. The number of amides is 1. The van der Waals surface area contributed by atoms with Crippen molar-refractivity contribution >= 4 is 5.91 Å². The quantitative estimate of drug-likeness (QED) is 0.693. The summed E-state index contributed by atoms with van der Waals surface area (Å²) in [7, 11) is 0. The van der Waals surface area contributed by atoms with Gasteiger partial charge in [0.2, 0.25) is 5.91 Å². The van der Waals surface area contributed by atoms with Crippen molar-refractivity contribution in [3.8, 4) is 0 Å². The Bertz CT molecular complexity index is 211. The van der Waals surface area contributed by atoms with Gasteiger partial charge in [-0.3, -0.25) is 4.79 Å². The molecule has 0 bridgehead atoms. The molecule has 2 atom stereocenters. The van der Waals surface area contributed by atoms with E-state index in [1.807, 2.05) is 0 Å². The Morgan fingerprint density at radius 2 is 1.93 bits per heavy atom.